The van der Waals surface area contributed by atoms with Gasteiger partial charge in [-0.3, -0.25) is 4.79 Å². The minimum absolute atomic E-state index is 0.114. The second kappa shape index (κ2) is 6.47. The van der Waals surface area contributed by atoms with Gasteiger partial charge < -0.3 is 15.4 Å². The summed E-state index contributed by atoms with van der Waals surface area (Å²) in [7, 11) is 1.33. The number of ketones is 1. The molecule has 2 rings (SSSR count). The molecule has 0 aliphatic carbocycles. The molecule has 21 heavy (non-hydrogen) atoms. The van der Waals surface area contributed by atoms with Crippen LogP contribution in [0.25, 0.3) is 0 Å². The van der Waals surface area contributed by atoms with Crippen LogP contribution >= 0.6 is 11.3 Å². The van der Waals surface area contributed by atoms with Crippen LogP contribution in [0.5, 0.6) is 0 Å². The van der Waals surface area contributed by atoms with Gasteiger partial charge in [-0.05, 0) is 18.8 Å². The maximum absolute atomic E-state index is 12.0. The molecule has 0 amide bonds. The molecule has 5 nitrogen and oxygen atoms in total. The third-order valence-corrected chi connectivity index (χ3v) is 5.48. The Kier molecular flexibility index (Phi) is 4.88. The number of thiophene rings is 1. The zero-order chi connectivity index (χ0) is 15.6. The van der Waals surface area contributed by atoms with Crippen LogP contribution in [0.4, 0.5) is 10.7 Å². The molecular formula is C15H22N2O3S. The van der Waals surface area contributed by atoms with Gasteiger partial charge in [-0.2, -0.15) is 0 Å². The third kappa shape index (κ3) is 3.05. The Bertz CT molecular complexity index is 545. The van der Waals surface area contributed by atoms with Crippen LogP contribution in [0, 0.1) is 5.92 Å². The number of nitrogen functional groups attached to an aromatic ring is 1. The summed E-state index contributed by atoms with van der Waals surface area (Å²) in [5, 5.41) is 0.777. The summed E-state index contributed by atoms with van der Waals surface area (Å²) >= 11 is 1.30. The number of hydrogen-bond donors (Lipinski definition) is 1. The highest BCUT2D eigenvalue weighted by molar-refractivity contribution is 7.19. The summed E-state index contributed by atoms with van der Waals surface area (Å²) in [5.74, 6) is 0.161. The number of nitrogens with zero attached hydrogens (tertiary/aromatic N) is 1. The molecule has 0 spiro atoms. The number of esters is 1. The van der Waals surface area contributed by atoms with Gasteiger partial charge in [0.25, 0.3) is 0 Å². The van der Waals surface area contributed by atoms with Crippen molar-refractivity contribution in [2.24, 2.45) is 5.92 Å². The molecule has 1 aromatic heterocycles. The van der Waals surface area contributed by atoms with Gasteiger partial charge in [-0.25, -0.2) is 4.79 Å². The van der Waals surface area contributed by atoms with Crippen molar-refractivity contribution in [3.05, 3.63) is 10.4 Å². The van der Waals surface area contributed by atoms with Crippen LogP contribution in [-0.2, 0) is 4.74 Å². The minimum atomic E-state index is -0.469. The van der Waals surface area contributed by atoms with Gasteiger partial charge in [0, 0.05) is 20.0 Å². The maximum atomic E-state index is 12.0. The van der Waals surface area contributed by atoms with Crippen LogP contribution in [0.2, 0.25) is 0 Å². The first kappa shape index (κ1) is 15.8. The lowest BCUT2D eigenvalue weighted by Crippen LogP contribution is -2.33. The van der Waals surface area contributed by atoms with Crippen LogP contribution < -0.4 is 10.6 Å². The first-order chi connectivity index (χ1) is 9.99. The highest BCUT2D eigenvalue weighted by Gasteiger charge is 2.29. The molecule has 2 heterocycles. The molecule has 1 aliphatic heterocycles. The summed E-state index contributed by atoms with van der Waals surface area (Å²) in [4.78, 5) is 26.3. The molecule has 0 atom stereocenters. The van der Waals surface area contributed by atoms with Crippen molar-refractivity contribution in [3.8, 4) is 0 Å². The predicted octanol–water partition coefficient (Wildman–Crippen LogP) is 2.95. The van der Waals surface area contributed by atoms with Crippen molar-refractivity contribution in [2.75, 3.05) is 30.8 Å². The second-order valence-corrected chi connectivity index (χ2v) is 6.41. The first-order valence-electron chi connectivity index (χ1n) is 7.26. The van der Waals surface area contributed by atoms with E-state index in [0.717, 1.165) is 36.9 Å². The molecule has 1 aromatic rings. The quantitative estimate of drug-likeness (QED) is 0.684. The maximum Gasteiger partial charge on any atom is 0.343 e. The van der Waals surface area contributed by atoms with Crippen molar-refractivity contribution < 1.29 is 14.3 Å². The molecule has 6 heteroatoms. The molecule has 0 bridgehead atoms. The Morgan fingerprint density at radius 3 is 2.48 bits per heavy atom. The van der Waals surface area contributed by atoms with Crippen LogP contribution in [0.3, 0.4) is 0 Å². The van der Waals surface area contributed by atoms with E-state index in [-0.39, 0.29) is 11.5 Å². The van der Waals surface area contributed by atoms with Gasteiger partial charge in [-0.1, -0.05) is 13.3 Å². The molecule has 1 aliphatic rings. The van der Waals surface area contributed by atoms with Crippen molar-refractivity contribution in [2.45, 2.75) is 33.1 Å². The van der Waals surface area contributed by atoms with E-state index in [4.69, 9.17) is 10.5 Å². The van der Waals surface area contributed by atoms with Crippen LogP contribution in [-0.4, -0.2) is 32.0 Å². The van der Waals surface area contributed by atoms with Crippen LogP contribution in [0.1, 0.15) is 53.1 Å². The highest BCUT2D eigenvalue weighted by atomic mass is 32.1. The summed E-state index contributed by atoms with van der Waals surface area (Å²) in [5.41, 5.74) is 6.61. The number of rotatable bonds is 4. The Balaban J connectivity index is 2.36. The molecule has 0 radical (unpaired) electrons. The normalized spacial score (nSPS) is 16.0. The van der Waals surface area contributed by atoms with Gasteiger partial charge in [0.15, 0.2) is 5.78 Å². The standard InChI is InChI=1S/C15H22N2O3S/c1-4-10-5-7-17(8-6-10)14-11(15(19)20-3)12(16)13(21-14)9(2)18/h10H,4-8,16H2,1-3H3. The fourth-order valence-corrected chi connectivity index (χ4v) is 3.92. The number of Topliss-reactive ketones (excluding diaryl/α,β-unsaturated/α-hetero) is 1. The average Bonchev–Trinajstić information content (AvgIpc) is 2.84. The molecule has 0 aromatic carbocycles. The van der Waals surface area contributed by atoms with Gasteiger partial charge in [0.1, 0.15) is 10.6 Å². The monoisotopic (exact) mass is 310 g/mol. The number of hydrogen-bond acceptors (Lipinski definition) is 6. The van der Waals surface area contributed by atoms with E-state index >= 15 is 0 Å². The Morgan fingerprint density at radius 1 is 1.38 bits per heavy atom. The topological polar surface area (TPSA) is 72.6 Å². The number of piperidine rings is 1. The third-order valence-electron chi connectivity index (χ3n) is 4.11. The largest absolute Gasteiger partial charge is 0.465 e. The molecular weight excluding hydrogens is 288 g/mol. The van der Waals surface area contributed by atoms with E-state index in [1.165, 1.54) is 31.8 Å². The summed E-state index contributed by atoms with van der Waals surface area (Å²) in [6.07, 6.45) is 3.39. The lowest BCUT2D eigenvalue weighted by atomic mass is 9.94. The molecule has 1 saturated heterocycles. The molecule has 116 valence electrons. The number of anilines is 2. The summed E-state index contributed by atoms with van der Waals surface area (Å²) < 4.78 is 4.83. The number of carbonyl (C=O) groups excluding carboxylic acids is 2. The van der Waals surface area contributed by atoms with Gasteiger partial charge in [0.2, 0.25) is 0 Å². The van der Waals surface area contributed by atoms with Gasteiger partial charge in [-0.15, -0.1) is 11.3 Å². The van der Waals surface area contributed by atoms with E-state index in [9.17, 15) is 9.59 Å². The van der Waals surface area contributed by atoms with Crippen molar-refractivity contribution in [1.82, 2.24) is 0 Å². The fraction of sp³-hybridized carbons (Fsp3) is 0.600. The number of ether oxygens (including phenoxy) is 1. The van der Waals surface area contributed by atoms with Crippen molar-refractivity contribution in [1.29, 1.82) is 0 Å². The smallest absolute Gasteiger partial charge is 0.343 e. The fourth-order valence-electron chi connectivity index (χ4n) is 2.76. The van der Waals surface area contributed by atoms with E-state index in [2.05, 4.69) is 11.8 Å². The Morgan fingerprint density at radius 2 is 2.00 bits per heavy atom. The zero-order valence-electron chi connectivity index (χ0n) is 12.8. The van der Waals surface area contributed by atoms with Crippen molar-refractivity contribution >= 4 is 33.8 Å². The van der Waals surface area contributed by atoms with E-state index in [1.807, 2.05) is 0 Å². The number of methoxy groups -OCH3 is 1. The summed E-state index contributed by atoms with van der Waals surface area (Å²) in [6.45, 7) is 5.45. The molecule has 2 N–H and O–H groups in total. The highest BCUT2D eigenvalue weighted by Crippen LogP contribution is 2.40. The molecule has 0 unspecified atom stereocenters. The summed E-state index contributed by atoms with van der Waals surface area (Å²) in [6, 6.07) is 0. The van der Waals surface area contributed by atoms with E-state index in [0.29, 0.717) is 10.4 Å². The second-order valence-electron chi connectivity index (χ2n) is 5.41. The lowest BCUT2D eigenvalue weighted by Gasteiger charge is -2.32. The van der Waals surface area contributed by atoms with Gasteiger partial charge in [0.05, 0.1) is 17.7 Å². The molecule has 0 saturated carbocycles. The Hall–Kier alpha value is -1.56. The minimum Gasteiger partial charge on any atom is -0.465 e. The van der Waals surface area contributed by atoms with Gasteiger partial charge >= 0.3 is 5.97 Å². The SMILES string of the molecule is CCC1CCN(c2sc(C(C)=O)c(N)c2C(=O)OC)CC1. The van der Waals surface area contributed by atoms with E-state index < -0.39 is 5.97 Å². The molecule has 1 fully saturated rings. The van der Waals surface area contributed by atoms with E-state index in [1.54, 1.807) is 0 Å². The first-order valence-corrected chi connectivity index (χ1v) is 8.07. The lowest BCUT2D eigenvalue weighted by molar-refractivity contribution is 0.0603. The number of carbonyl (C=O) groups is 2. The average molecular weight is 310 g/mol. The van der Waals surface area contributed by atoms with Crippen LogP contribution in [0.15, 0.2) is 0 Å². The predicted molar refractivity (Wildman–Crippen MR) is 85.3 cm³/mol. The zero-order valence-corrected chi connectivity index (χ0v) is 13.6. The number of nitrogens with two attached hydrogens (primary N) is 1. The Labute approximate surface area is 129 Å². The van der Waals surface area contributed by atoms with Crippen molar-refractivity contribution in [3.63, 3.8) is 0 Å².